The van der Waals surface area contributed by atoms with E-state index in [0.717, 1.165) is 25.4 Å². The number of rotatable bonds is 5. The van der Waals surface area contributed by atoms with E-state index in [1.54, 1.807) is 0 Å². The van der Waals surface area contributed by atoms with Gasteiger partial charge in [0.15, 0.2) is 0 Å². The zero-order valence-electron chi connectivity index (χ0n) is 11.7. The van der Waals surface area contributed by atoms with Crippen molar-refractivity contribution >= 4 is 0 Å². The molecule has 1 saturated heterocycles. The molecule has 0 spiro atoms. The molecule has 1 aliphatic heterocycles. The summed E-state index contributed by atoms with van der Waals surface area (Å²) in [6, 6.07) is 0. The van der Waals surface area contributed by atoms with Crippen LogP contribution in [0, 0.1) is 5.92 Å². The summed E-state index contributed by atoms with van der Waals surface area (Å²) in [5.41, 5.74) is -0.439. The number of ether oxygens (including phenoxy) is 1. The molecule has 5 nitrogen and oxygen atoms in total. The quantitative estimate of drug-likeness (QED) is 0.870. The average Bonchev–Trinajstić information content (AvgIpc) is 2.97. The molecule has 0 aromatic carbocycles. The molecule has 0 bridgehead atoms. The van der Waals surface area contributed by atoms with Crippen LogP contribution in [-0.4, -0.2) is 29.8 Å². The fraction of sp³-hybridized carbons (Fsp3) is 0.846. The Morgan fingerprint density at radius 3 is 2.78 bits per heavy atom. The molecule has 1 aromatic rings. The van der Waals surface area contributed by atoms with Gasteiger partial charge in [0.05, 0.1) is 5.92 Å². The Balaban J connectivity index is 2.18. The highest BCUT2D eigenvalue weighted by Gasteiger charge is 2.34. The fourth-order valence-corrected chi connectivity index (χ4v) is 2.38. The highest BCUT2D eigenvalue weighted by Crippen LogP contribution is 2.30. The van der Waals surface area contributed by atoms with Crippen LogP contribution in [-0.2, 0) is 10.3 Å². The lowest BCUT2D eigenvalue weighted by Crippen LogP contribution is -2.26. The summed E-state index contributed by atoms with van der Waals surface area (Å²) in [7, 11) is 0. The second-order valence-corrected chi connectivity index (χ2v) is 5.22. The van der Waals surface area contributed by atoms with Gasteiger partial charge in [-0.25, -0.2) is 0 Å². The summed E-state index contributed by atoms with van der Waals surface area (Å²) < 4.78 is 11.2. The van der Waals surface area contributed by atoms with E-state index in [1.165, 1.54) is 0 Å². The van der Waals surface area contributed by atoms with Gasteiger partial charge in [0.25, 0.3) is 0 Å². The van der Waals surface area contributed by atoms with Gasteiger partial charge in [0.2, 0.25) is 11.7 Å². The summed E-state index contributed by atoms with van der Waals surface area (Å²) in [4.78, 5) is 4.56. The Morgan fingerprint density at radius 1 is 1.44 bits per heavy atom. The third kappa shape index (κ3) is 2.42. The highest BCUT2D eigenvalue weighted by molar-refractivity contribution is 5.05. The van der Waals surface area contributed by atoms with Gasteiger partial charge in [-0.1, -0.05) is 19.0 Å². The van der Waals surface area contributed by atoms with Gasteiger partial charge in [0, 0.05) is 13.2 Å². The lowest BCUT2D eigenvalue weighted by Gasteiger charge is -2.23. The lowest BCUT2D eigenvalue weighted by molar-refractivity contribution is -0.0403. The maximum absolute atomic E-state index is 5.77. The lowest BCUT2D eigenvalue weighted by atomic mass is 9.98. The molecule has 2 heterocycles. The van der Waals surface area contributed by atoms with Crippen LogP contribution in [0.1, 0.15) is 51.7 Å². The standard InChI is InChI=1S/C13H23N3O2/c1-5-13(4,17-6-2)12-15-11(18-16-12)10-8-14-7-9(10)3/h9-10,14H,5-8H2,1-4H3/t9-,10-,13?/m1/s1. The Labute approximate surface area is 108 Å². The van der Waals surface area contributed by atoms with Gasteiger partial charge in [0.1, 0.15) is 5.60 Å². The van der Waals surface area contributed by atoms with Crippen LogP contribution in [0.5, 0.6) is 0 Å². The van der Waals surface area contributed by atoms with Gasteiger partial charge in [-0.3, -0.25) is 0 Å². The van der Waals surface area contributed by atoms with Gasteiger partial charge in [-0.05, 0) is 32.7 Å². The smallest absolute Gasteiger partial charge is 0.231 e. The SMILES string of the molecule is CCOC(C)(CC)c1noc([C@@H]2CNC[C@H]2C)n1. The van der Waals surface area contributed by atoms with Gasteiger partial charge >= 0.3 is 0 Å². The number of hydrogen-bond acceptors (Lipinski definition) is 5. The van der Waals surface area contributed by atoms with E-state index in [2.05, 4.69) is 29.3 Å². The predicted molar refractivity (Wildman–Crippen MR) is 68.3 cm³/mol. The Kier molecular flexibility index (Phi) is 4.02. The zero-order chi connectivity index (χ0) is 13.2. The van der Waals surface area contributed by atoms with Crippen molar-refractivity contribution in [3.8, 4) is 0 Å². The molecule has 0 amide bonds. The van der Waals surface area contributed by atoms with Crippen molar-refractivity contribution in [3.63, 3.8) is 0 Å². The highest BCUT2D eigenvalue weighted by atomic mass is 16.5. The van der Waals surface area contributed by atoms with Gasteiger partial charge in [-0.15, -0.1) is 0 Å². The molecule has 1 N–H and O–H groups in total. The molecule has 5 heteroatoms. The van der Waals surface area contributed by atoms with E-state index in [9.17, 15) is 0 Å². The molecule has 1 unspecified atom stereocenters. The largest absolute Gasteiger partial charge is 0.367 e. The Hall–Kier alpha value is -0.940. The van der Waals surface area contributed by atoms with E-state index in [1.807, 2.05) is 13.8 Å². The number of nitrogens with one attached hydrogen (secondary N) is 1. The predicted octanol–water partition coefficient (Wildman–Crippen LogP) is 2.05. The van der Waals surface area contributed by atoms with Gasteiger partial charge < -0.3 is 14.6 Å². The van der Waals surface area contributed by atoms with Crippen LogP contribution in [0.4, 0.5) is 0 Å². The van der Waals surface area contributed by atoms with E-state index >= 15 is 0 Å². The molecule has 1 aromatic heterocycles. The molecule has 2 rings (SSSR count). The second kappa shape index (κ2) is 5.36. The third-order valence-corrected chi connectivity index (χ3v) is 3.89. The zero-order valence-corrected chi connectivity index (χ0v) is 11.7. The molecule has 0 radical (unpaired) electrons. The van der Waals surface area contributed by atoms with Crippen LogP contribution >= 0.6 is 0 Å². The topological polar surface area (TPSA) is 60.2 Å². The maximum Gasteiger partial charge on any atom is 0.231 e. The first-order valence-electron chi connectivity index (χ1n) is 6.79. The molecule has 1 aliphatic rings. The van der Waals surface area contributed by atoms with Crippen molar-refractivity contribution in [2.24, 2.45) is 5.92 Å². The van der Waals surface area contributed by atoms with Gasteiger partial charge in [-0.2, -0.15) is 4.98 Å². The minimum atomic E-state index is -0.439. The van der Waals surface area contributed by atoms with Crippen molar-refractivity contribution in [2.75, 3.05) is 19.7 Å². The van der Waals surface area contributed by atoms with Crippen molar-refractivity contribution < 1.29 is 9.26 Å². The molecule has 1 fully saturated rings. The first-order chi connectivity index (χ1) is 8.60. The summed E-state index contributed by atoms with van der Waals surface area (Å²) in [5, 5.41) is 7.47. The Bertz CT molecular complexity index is 393. The summed E-state index contributed by atoms with van der Waals surface area (Å²) in [6.07, 6.45) is 0.832. The molecule has 102 valence electrons. The molecular formula is C13H23N3O2. The molecule has 0 aliphatic carbocycles. The first-order valence-corrected chi connectivity index (χ1v) is 6.79. The minimum Gasteiger partial charge on any atom is -0.367 e. The monoisotopic (exact) mass is 253 g/mol. The summed E-state index contributed by atoms with van der Waals surface area (Å²) in [5.74, 6) is 2.27. The van der Waals surface area contributed by atoms with Crippen LogP contribution < -0.4 is 5.32 Å². The summed E-state index contributed by atoms with van der Waals surface area (Å²) in [6.45, 7) is 10.9. The first kappa shape index (κ1) is 13.5. The molecular weight excluding hydrogens is 230 g/mol. The van der Waals surface area contributed by atoms with E-state index < -0.39 is 5.60 Å². The molecule has 3 atom stereocenters. The van der Waals surface area contributed by atoms with Crippen LogP contribution in [0.3, 0.4) is 0 Å². The number of hydrogen-bond donors (Lipinski definition) is 1. The van der Waals surface area contributed by atoms with Crippen LogP contribution in [0.2, 0.25) is 0 Å². The van der Waals surface area contributed by atoms with Crippen molar-refractivity contribution in [3.05, 3.63) is 11.7 Å². The van der Waals surface area contributed by atoms with Crippen LogP contribution in [0.15, 0.2) is 4.52 Å². The van der Waals surface area contributed by atoms with Crippen molar-refractivity contribution in [1.29, 1.82) is 0 Å². The third-order valence-electron chi connectivity index (χ3n) is 3.89. The Morgan fingerprint density at radius 2 is 2.22 bits per heavy atom. The molecule has 0 saturated carbocycles. The average molecular weight is 253 g/mol. The minimum absolute atomic E-state index is 0.328. The maximum atomic E-state index is 5.77. The van der Waals surface area contributed by atoms with E-state index in [4.69, 9.17) is 9.26 Å². The van der Waals surface area contributed by atoms with E-state index in [0.29, 0.717) is 24.3 Å². The van der Waals surface area contributed by atoms with Crippen LogP contribution in [0.25, 0.3) is 0 Å². The van der Waals surface area contributed by atoms with Crippen molar-refractivity contribution in [2.45, 2.75) is 45.6 Å². The second-order valence-electron chi connectivity index (χ2n) is 5.22. The fourth-order valence-electron chi connectivity index (χ4n) is 2.38. The number of aromatic nitrogens is 2. The van der Waals surface area contributed by atoms with Crippen molar-refractivity contribution in [1.82, 2.24) is 15.5 Å². The molecule has 18 heavy (non-hydrogen) atoms. The summed E-state index contributed by atoms with van der Waals surface area (Å²) >= 11 is 0. The number of nitrogens with zero attached hydrogens (tertiary/aromatic N) is 2. The van der Waals surface area contributed by atoms with E-state index in [-0.39, 0.29) is 0 Å². The normalized spacial score (nSPS) is 27.3.